The van der Waals surface area contributed by atoms with Crippen LogP contribution >= 0.6 is 11.8 Å². The van der Waals surface area contributed by atoms with Gasteiger partial charge in [0.05, 0.1) is 6.20 Å². The summed E-state index contributed by atoms with van der Waals surface area (Å²) in [5, 5.41) is 11.1. The van der Waals surface area contributed by atoms with Gasteiger partial charge in [-0.05, 0) is 12.1 Å². The van der Waals surface area contributed by atoms with Gasteiger partial charge in [0, 0.05) is 4.90 Å². The minimum Gasteiger partial charge on any atom is -0.197 e. The number of H-pyrrole nitrogens is 1. The van der Waals surface area contributed by atoms with Gasteiger partial charge in [0.15, 0.2) is 0 Å². The second-order valence-electron chi connectivity index (χ2n) is 2.31. The molecule has 0 saturated carbocycles. The number of aromatic nitrogens is 3. The fourth-order valence-electron chi connectivity index (χ4n) is 0.850. The maximum absolute atomic E-state index is 8.12. The quantitative estimate of drug-likeness (QED) is 0.828. The lowest BCUT2D eigenvalue weighted by atomic mass is 10.4. The molecule has 15 heavy (non-hydrogen) atoms. The van der Waals surface area contributed by atoms with Crippen molar-refractivity contribution >= 4 is 17.9 Å². The Morgan fingerprint density at radius 3 is 2.40 bits per heavy atom. The fraction of sp³-hybridized carbons (Fsp3) is 0. The largest absolute Gasteiger partial charge is 0.373 e. The molecular formula is C9H7N3O2S. The lowest BCUT2D eigenvalue weighted by molar-refractivity contribution is -0.191. The normalized spacial score (nSPS) is 8.53. The zero-order chi connectivity index (χ0) is 10.9. The van der Waals surface area contributed by atoms with Crippen molar-refractivity contribution in [3.63, 3.8) is 0 Å². The van der Waals surface area contributed by atoms with E-state index in [9.17, 15) is 0 Å². The highest BCUT2D eigenvalue weighted by Crippen LogP contribution is 2.23. The van der Waals surface area contributed by atoms with E-state index < -0.39 is 0 Å². The van der Waals surface area contributed by atoms with Gasteiger partial charge in [-0.15, -0.1) is 5.10 Å². The van der Waals surface area contributed by atoms with E-state index >= 15 is 0 Å². The molecule has 2 aromatic rings. The number of carbonyl (C=O) groups excluding carboxylic acids is 2. The molecule has 0 unspecified atom stereocenters. The van der Waals surface area contributed by atoms with Crippen molar-refractivity contribution in [3.8, 4) is 0 Å². The first-order chi connectivity index (χ1) is 7.36. The molecule has 0 saturated heterocycles. The molecule has 0 fully saturated rings. The molecule has 0 aliphatic rings. The monoisotopic (exact) mass is 221 g/mol. The van der Waals surface area contributed by atoms with Crippen LogP contribution in [0.5, 0.6) is 0 Å². The summed E-state index contributed by atoms with van der Waals surface area (Å²) in [7, 11) is 0. The highest BCUT2D eigenvalue weighted by molar-refractivity contribution is 7.99. The third-order valence-electron chi connectivity index (χ3n) is 1.36. The van der Waals surface area contributed by atoms with E-state index in [1.165, 1.54) is 4.90 Å². The summed E-state index contributed by atoms with van der Waals surface area (Å²) in [4.78, 5) is 17.4. The molecule has 0 spiro atoms. The fourth-order valence-corrected chi connectivity index (χ4v) is 1.58. The zero-order valence-electron chi connectivity index (χ0n) is 7.58. The van der Waals surface area contributed by atoms with Gasteiger partial charge in [0.1, 0.15) is 5.03 Å². The Labute approximate surface area is 89.9 Å². The molecule has 1 aromatic carbocycles. The lowest BCUT2D eigenvalue weighted by Crippen LogP contribution is -1.72. The van der Waals surface area contributed by atoms with E-state index in [0.29, 0.717) is 0 Å². The van der Waals surface area contributed by atoms with Crippen LogP contribution in [0.4, 0.5) is 0 Å². The summed E-state index contributed by atoms with van der Waals surface area (Å²) in [6, 6.07) is 10.1. The van der Waals surface area contributed by atoms with Crippen LogP contribution in [0.2, 0.25) is 0 Å². The van der Waals surface area contributed by atoms with Gasteiger partial charge in [-0.3, -0.25) is 0 Å². The Balaban J connectivity index is 0.000000337. The van der Waals surface area contributed by atoms with Crippen LogP contribution in [0.15, 0.2) is 46.5 Å². The molecule has 2 rings (SSSR count). The molecule has 6 heteroatoms. The topological polar surface area (TPSA) is 75.7 Å². The molecular weight excluding hydrogens is 214 g/mol. The van der Waals surface area contributed by atoms with E-state index in [2.05, 4.69) is 15.4 Å². The Morgan fingerprint density at radius 2 is 1.87 bits per heavy atom. The first-order valence-corrected chi connectivity index (χ1v) is 4.76. The van der Waals surface area contributed by atoms with Crippen molar-refractivity contribution in [2.45, 2.75) is 9.92 Å². The standard InChI is InChI=1S/C8H7N3S.CO2/c1-2-4-7(5-3-1)12-8-6-9-11-10-8;2-1-3/h1-6H,(H,9,10,11);. The lowest BCUT2D eigenvalue weighted by Gasteiger charge is -1.93. The van der Waals surface area contributed by atoms with Gasteiger partial charge in [-0.2, -0.15) is 19.9 Å². The minimum absolute atomic E-state index is 0.250. The summed E-state index contributed by atoms with van der Waals surface area (Å²) >= 11 is 1.59. The molecule has 1 N–H and O–H groups in total. The molecule has 5 nitrogen and oxygen atoms in total. The highest BCUT2D eigenvalue weighted by atomic mass is 32.2. The maximum atomic E-state index is 8.12. The number of aromatic amines is 1. The van der Waals surface area contributed by atoms with Gasteiger partial charge < -0.3 is 0 Å². The van der Waals surface area contributed by atoms with Crippen LogP contribution in [0.1, 0.15) is 0 Å². The Hall–Kier alpha value is -1.91. The summed E-state index contributed by atoms with van der Waals surface area (Å²) in [5.74, 6) is 0. The number of nitrogens with one attached hydrogen (secondary N) is 1. The number of hydrogen-bond acceptors (Lipinski definition) is 5. The Bertz CT molecular complexity index is 410. The summed E-state index contributed by atoms with van der Waals surface area (Å²) < 4.78 is 0. The summed E-state index contributed by atoms with van der Waals surface area (Å²) in [6.07, 6.45) is 1.96. The van der Waals surface area contributed by atoms with Gasteiger partial charge in [0.2, 0.25) is 0 Å². The molecule has 0 aliphatic heterocycles. The molecule has 0 amide bonds. The van der Waals surface area contributed by atoms with Crippen LogP contribution < -0.4 is 0 Å². The van der Waals surface area contributed by atoms with Crippen molar-refractivity contribution in [3.05, 3.63) is 36.5 Å². The Kier molecular flexibility index (Phi) is 4.86. The van der Waals surface area contributed by atoms with Gasteiger partial charge in [0.25, 0.3) is 0 Å². The van der Waals surface area contributed by atoms with E-state index in [0.717, 1.165) is 5.03 Å². The number of nitrogens with zero attached hydrogens (tertiary/aromatic N) is 2. The van der Waals surface area contributed by atoms with Crippen molar-refractivity contribution in [1.82, 2.24) is 15.4 Å². The zero-order valence-corrected chi connectivity index (χ0v) is 8.40. The minimum atomic E-state index is 0.250. The number of benzene rings is 1. The third kappa shape index (κ3) is 4.21. The molecule has 0 radical (unpaired) electrons. The average Bonchev–Trinajstić information content (AvgIpc) is 2.73. The first kappa shape index (κ1) is 11.2. The molecule has 0 bridgehead atoms. The first-order valence-electron chi connectivity index (χ1n) is 3.94. The van der Waals surface area contributed by atoms with Crippen molar-refractivity contribution in [2.75, 3.05) is 0 Å². The van der Waals surface area contributed by atoms with Crippen LogP contribution in [-0.2, 0) is 9.59 Å². The van der Waals surface area contributed by atoms with Gasteiger partial charge in [-0.1, -0.05) is 30.0 Å². The molecule has 0 aliphatic carbocycles. The predicted molar refractivity (Wildman–Crippen MR) is 52.0 cm³/mol. The van der Waals surface area contributed by atoms with E-state index in [4.69, 9.17) is 9.59 Å². The smallest absolute Gasteiger partial charge is 0.197 e. The summed E-state index contributed by atoms with van der Waals surface area (Å²) in [6.45, 7) is 0. The maximum Gasteiger partial charge on any atom is 0.373 e. The van der Waals surface area contributed by atoms with Crippen LogP contribution in [0.3, 0.4) is 0 Å². The molecule has 0 atom stereocenters. The molecule has 1 heterocycles. The van der Waals surface area contributed by atoms with E-state index in [-0.39, 0.29) is 6.15 Å². The number of hydrogen-bond donors (Lipinski definition) is 1. The van der Waals surface area contributed by atoms with Crippen molar-refractivity contribution in [1.29, 1.82) is 0 Å². The Morgan fingerprint density at radius 1 is 1.20 bits per heavy atom. The van der Waals surface area contributed by atoms with Crippen molar-refractivity contribution in [2.24, 2.45) is 0 Å². The molecule has 1 aromatic heterocycles. The highest BCUT2D eigenvalue weighted by Gasteiger charge is 1.97. The van der Waals surface area contributed by atoms with Crippen LogP contribution in [-0.4, -0.2) is 21.6 Å². The van der Waals surface area contributed by atoms with Crippen molar-refractivity contribution < 1.29 is 9.59 Å². The van der Waals surface area contributed by atoms with E-state index in [1.807, 2.05) is 30.3 Å². The van der Waals surface area contributed by atoms with Gasteiger partial charge >= 0.3 is 6.15 Å². The second-order valence-corrected chi connectivity index (χ2v) is 3.40. The molecule has 76 valence electrons. The summed E-state index contributed by atoms with van der Waals surface area (Å²) in [5.41, 5.74) is 0. The van der Waals surface area contributed by atoms with Crippen LogP contribution in [0.25, 0.3) is 0 Å². The SMILES string of the molecule is O=C=O.c1ccc(Sc2cn[nH]n2)cc1. The van der Waals surface area contributed by atoms with Crippen LogP contribution in [0, 0.1) is 0 Å². The number of rotatable bonds is 2. The second kappa shape index (κ2) is 6.53. The third-order valence-corrected chi connectivity index (χ3v) is 2.27. The predicted octanol–water partition coefficient (Wildman–Crippen LogP) is 1.37. The van der Waals surface area contributed by atoms with Gasteiger partial charge in [-0.25, -0.2) is 0 Å². The van der Waals surface area contributed by atoms with E-state index in [1.54, 1.807) is 18.0 Å². The average molecular weight is 221 g/mol.